The van der Waals surface area contributed by atoms with Crippen LogP contribution in [0.5, 0.6) is 0 Å². The highest BCUT2D eigenvalue weighted by atomic mass is 35.5. The molecular formula is C9H9Cl2NOS. The zero-order valence-corrected chi connectivity index (χ0v) is 9.62. The lowest BCUT2D eigenvalue weighted by Crippen LogP contribution is -2.30. The van der Waals surface area contributed by atoms with Gasteiger partial charge in [-0.3, -0.25) is 0 Å². The minimum atomic E-state index is 0.495. The Morgan fingerprint density at radius 3 is 2.50 bits per heavy atom. The molecule has 0 atom stereocenters. The summed E-state index contributed by atoms with van der Waals surface area (Å²) in [6.07, 6.45) is 0. The molecule has 0 unspecified atom stereocenters. The van der Waals surface area contributed by atoms with Gasteiger partial charge in [-0.15, -0.1) is 11.8 Å². The van der Waals surface area contributed by atoms with E-state index in [1.807, 2.05) is 6.07 Å². The summed E-state index contributed by atoms with van der Waals surface area (Å²) in [4.78, 5) is 0.979. The number of nitrogens with two attached hydrogens (primary N) is 1. The average Bonchev–Trinajstić information content (AvgIpc) is 2.06. The van der Waals surface area contributed by atoms with Gasteiger partial charge in [0.05, 0.1) is 28.5 Å². The number of hydrogen-bond acceptors (Lipinski definition) is 3. The Kier molecular flexibility index (Phi) is 3.12. The van der Waals surface area contributed by atoms with E-state index in [1.165, 1.54) is 0 Å². The molecule has 14 heavy (non-hydrogen) atoms. The van der Waals surface area contributed by atoms with Crippen molar-refractivity contribution in [1.29, 1.82) is 0 Å². The SMILES string of the molecule is Nc1cc(Cl)c(Cl)cc1SC1COC1. The quantitative estimate of drug-likeness (QED) is 0.819. The topological polar surface area (TPSA) is 35.2 Å². The third-order valence-corrected chi connectivity index (χ3v) is 3.89. The van der Waals surface area contributed by atoms with Crippen LogP contribution in [0.25, 0.3) is 0 Å². The predicted octanol–water partition coefficient (Wildman–Crippen LogP) is 3.07. The van der Waals surface area contributed by atoms with Crippen molar-refractivity contribution in [3.05, 3.63) is 22.2 Å². The fourth-order valence-corrected chi connectivity index (χ4v) is 2.58. The molecule has 76 valence electrons. The van der Waals surface area contributed by atoms with E-state index >= 15 is 0 Å². The van der Waals surface area contributed by atoms with Crippen LogP contribution in [0.15, 0.2) is 17.0 Å². The number of hydrogen-bond donors (Lipinski definition) is 1. The maximum atomic E-state index is 5.90. The minimum Gasteiger partial charge on any atom is -0.398 e. The van der Waals surface area contributed by atoms with Crippen LogP contribution < -0.4 is 5.73 Å². The molecule has 1 saturated heterocycles. The molecule has 1 heterocycles. The molecule has 1 aromatic carbocycles. The van der Waals surface area contributed by atoms with Gasteiger partial charge in [-0.1, -0.05) is 23.2 Å². The van der Waals surface area contributed by atoms with Gasteiger partial charge in [0.2, 0.25) is 0 Å². The molecule has 1 fully saturated rings. The van der Waals surface area contributed by atoms with Gasteiger partial charge in [0.25, 0.3) is 0 Å². The van der Waals surface area contributed by atoms with Crippen LogP contribution in [0.4, 0.5) is 5.69 Å². The number of thioether (sulfide) groups is 1. The van der Waals surface area contributed by atoms with Gasteiger partial charge >= 0.3 is 0 Å². The molecule has 0 aliphatic carbocycles. The van der Waals surface area contributed by atoms with Crippen molar-refractivity contribution >= 4 is 40.7 Å². The molecule has 1 aliphatic heterocycles. The summed E-state index contributed by atoms with van der Waals surface area (Å²) in [6, 6.07) is 3.49. The van der Waals surface area contributed by atoms with Gasteiger partial charge in [-0.25, -0.2) is 0 Å². The van der Waals surface area contributed by atoms with Crippen molar-refractivity contribution in [3.8, 4) is 0 Å². The number of nitrogen functional groups attached to an aromatic ring is 1. The molecule has 1 aliphatic rings. The molecule has 0 amide bonds. The Bertz CT molecular complexity index is 355. The summed E-state index contributed by atoms with van der Waals surface area (Å²) in [5.41, 5.74) is 6.49. The first-order chi connectivity index (χ1) is 6.66. The van der Waals surface area contributed by atoms with E-state index in [0.717, 1.165) is 18.1 Å². The third kappa shape index (κ3) is 2.11. The van der Waals surface area contributed by atoms with Crippen molar-refractivity contribution in [2.45, 2.75) is 10.1 Å². The Morgan fingerprint density at radius 2 is 1.93 bits per heavy atom. The first-order valence-corrected chi connectivity index (χ1v) is 5.79. The van der Waals surface area contributed by atoms with Crippen LogP contribution in [0.2, 0.25) is 10.0 Å². The van der Waals surface area contributed by atoms with Gasteiger partial charge in [-0.2, -0.15) is 0 Å². The summed E-state index contributed by atoms with van der Waals surface area (Å²) in [5, 5.41) is 1.54. The van der Waals surface area contributed by atoms with Gasteiger partial charge in [0.1, 0.15) is 0 Å². The smallest absolute Gasteiger partial charge is 0.0613 e. The molecule has 1 aromatic rings. The van der Waals surface area contributed by atoms with E-state index in [0.29, 0.717) is 21.0 Å². The number of benzene rings is 1. The van der Waals surface area contributed by atoms with Gasteiger partial charge in [0, 0.05) is 10.6 Å². The highest BCUT2D eigenvalue weighted by molar-refractivity contribution is 8.00. The maximum Gasteiger partial charge on any atom is 0.0613 e. The lowest BCUT2D eigenvalue weighted by atomic mass is 10.3. The van der Waals surface area contributed by atoms with Crippen molar-refractivity contribution in [1.82, 2.24) is 0 Å². The predicted molar refractivity (Wildman–Crippen MR) is 61.3 cm³/mol. The molecule has 0 radical (unpaired) electrons. The van der Waals surface area contributed by atoms with Crippen LogP contribution in [0.3, 0.4) is 0 Å². The zero-order valence-electron chi connectivity index (χ0n) is 7.30. The fourth-order valence-electron chi connectivity index (χ4n) is 1.11. The normalized spacial score (nSPS) is 16.7. The second-order valence-corrected chi connectivity index (χ2v) is 5.24. The van der Waals surface area contributed by atoms with E-state index in [1.54, 1.807) is 17.8 Å². The molecule has 2 rings (SSSR count). The zero-order chi connectivity index (χ0) is 10.1. The molecule has 2 N–H and O–H groups in total. The van der Waals surface area contributed by atoms with Crippen molar-refractivity contribution in [2.24, 2.45) is 0 Å². The highest BCUT2D eigenvalue weighted by Crippen LogP contribution is 2.36. The largest absolute Gasteiger partial charge is 0.398 e. The Labute approximate surface area is 96.7 Å². The van der Waals surface area contributed by atoms with Crippen LogP contribution in [0.1, 0.15) is 0 Å². The van der Waals surface area contributed by atoms with Crippen LogP contribution in [-0.4, -0.2) is 18.5 Å². The van der Waals surface area contributed by atoms with Crippen LogP contribution in [-0.2, 0) is 4.74 Å². The Balaban J connectivity index is 2.19. The first kappa shape index (κ1) is 10.4. The van der Waals surface area contributed by atoms with Gasteiger partial charge < -0.3 is 10.5 Å². The van der Waals surface area contributed by atoms with Crippen molar-refractivity contribution in [2.75, 3.05) is 18.9 Å². The van der Waals surface area contributed by atoms with Crippen LogP contribution >= 0.6 is 35.0 Å². The lowest BCUT2D eigenvalue weighted by Gasteiger charge is -2.25. The highest BCUT2D eigenvalue weighted by Gasteiger charge is 2.20. The number of halogens is 2. The monoisotopic (exact) mass is 249 g/mol. The average molecular weight is 250 g/mol. The number of rotatable bonds is 2. The molecule has 5 heteroatoms. The summed E-state index contributed by atoms with van der Waals surface area (Å²) < 4.78 is 5.08. The van der Waals surface area contributed by atoms with E-state index in [9.17, 15) is 0 Å². The fraction of sp³-hybridized carbons (Fsp3) is 0.333. The molecule has 0 spiro atoms. The van der Waals surface area contributed by atoms with Crippen molar-refractivity contribution in [3.63, 3.8) is 0 Å². The van der Waals surface area contributed by atoms with E-state index in [4.69, 9.17) is 33.7 Å². The standard InChI is InChI=1S/C9H9Cl2NOS/c10-6-1-8(12)9(2-7(6)11)14-5-3-13-4-5/h1-2,5H,3-4,12H2. The molecule has 2 nitrogen and oxygen atoms in total. The summed E-state index contributed by atoms with van der Waals surface area (Å²) in [7, 11) is 0. The Hall–Kier alpha value is -0.0900. The van der Waals surface area contributed by atoms with E-state index in [-0.39, 0.29) is 0 Å². The van der Waals surface area contributed by atoms with Crippen molar-refractivity contribution < 1.29 is 4.74 Å². The Morgan fingerprint density at radius 1 is 1.29 bits per heavy atom. The second-order valence-electron chi connectivity index (χ2n) is 3.08. The molecule has 0 aromatic heterocycles. The van der Waals surface area contributed by atoms with Gasteiger partial charge in [0.15, 0.2) is 0 Å². The lowest BCUT2D eigenvalue weighted by molar-refractivity contribution is 0.0455. The number of ether oxygens (including phenoxy) is 1. The summed E-state index contributed by atoms with van der Waals surface area (Å²) in [5.74, 6) is 0. The van der Waals surface area contributed by atoms with Crippen LogP contribution in [0, 0.1) is 0 Å². The first-order valence-electron chi connectivity index (χ1n) is 4.16. The van der Waals surface area contributed by atoms with Gasteiger partial charge in [-0.05, 0) is 12.1 Å². The van der Waals surface area contributed by atoms with E-state index < -0.39 is 0 Å². The van der Waals surface area contributed by atoms with E-state index in [2.05, 4.69) is 0 Å². The molecule has 0 bridgehead atoms. The second kappa shape index (κ2) is 4.19. The summed E-state index contributed by atoms with van der Waals surface area (Å²) in [6.45, 7) is 1.56. The maximum absolute atomic E-state index is 5.90. The molecular weight excluding hydrogens is 241 g/mol. The number of anilines is 1. The molecule has 0 saturated carbocycles. The summed E-state index contributed by atoms with van der Waals surface area (Å²) >= 11 is 13.4. The minimum absolute atomic E-state index is 0.495. The third-order valence-electron chi connectivity index (χ3n) is 1.95.